The van der Waals surface area contributed by atoms with Crippen LogP contribution >= 0.6 is 0 Å². The van der Waals surface area contributed by atoms with Crippen LogP contribution in [-0.4, -0.2) is 40.3 Å². The van der Waals surface area contributed by atoms with Gasteiger partial charge in [-0.1, -0.05) is 13.8 Å². The molecule has 1 aliphatic carbocycles. The van der Waals surface area contributed by atoms with Crippen molar-refractivity contribution in [2.45, 2.75) is 26.4 Å². The second-order valence-electron chi connectivity index (χ2n) is 7.77. The van der Waals surface area contributed by atoms with Gasteiger partial charge in [0.2, 0.25) is 18.3 Å². The highest BCUT2D eigenvalue weighted by molar-refractivity contribution is 5.88. The summed E-state index contributed by atoms with van der Waals surface area (Å²) in [5, 5.41) is 11.3. The summed E-state index contributed by atoms with van der Waals surface area (Å²) in [5.74, 6) is 3.40. The fraction of sp³-hybridized carbons (Fsp3) is 0.478. The zero-order valence-corrected chi connectivity index (χ0v) is 18.2. The Hall–Kier alpha value is -2.80. The van der Waals surface area contributed by atoms with Gasteiger partial charge < -0.3 is 33.5 Å². The van der Waals surface area contributed by atoms with Crippen LogP contribution in [0.2, 0.25) is 0 Å². The number of hydrogen-bond acceptors (Lipinski definition) is 7. The smallest absolute Gasteiger partial charge is 0.231 e. The Morgan fingerprint density at radius 1 is 0.867 bits per heavy atom. The number of hydrogen-bond donors (Lipinski definition) is 1. The van der Waals surface area contributed by atoms with E-state index in [9.17, 15) is 5.11 Å². The summed E-state index contributed by atoms with van der Waals surface area (Å²) in [4.78, 5) is 0. The van der Waals surface area contributed by atoms with Gasteiger partial charge in [0.05, 0.1) is 34.5 Å². The van der Waals surface area contributed by atoms with E-state index >= 15 is 0 Å². The van der Waals surface area contributed by atoms with E-state index in [4.69, 9.17) is 28.4 Å². The summed E-state index contributed by atoms with van der Waals surface area (Å²) in [5.41, 5.74) is 3.26. The molecule has 0 aromatic heterocycles. The molecule has 0 radical (unpaired) electrons. The SMILES string of the molecule is COc1cc2c(c(OC)c1OC)-c1c(cc3c(c1OC)OCO3)C[C@H](C)[C@@H](C)[C@@H]2O. The summed E-state index contributed by atoms with van der Waals surface area (Å²) in [6, 6.07) is 3.82. The second kappa shape index (κ2) is 7.80. The van der Waals surface area contributed by atoms with Crippen LogP contribution in [0.4, 0.5) is 0 Å². The Morgan fingerprint density at radius 3 is 2.20 bits per heavy atom. The number of ether oxygens (including phenoxy) is 6. The van der Waals surface area contributed by atoms with Gasteiger partial charge in [0.1, 0.15) is 0 Å². The van der Waals surface area contributed by atoms with E-state index in [1.54, 1.807) is 28.4 Å². The summed E-state index contributed by atoms with van der Waals surface area (Å²) >= 11 is 0. The topological polar surface area (TPSA) is 75.6 Å². The molecule has 4 rings (SSSR count). The molecule has 3 atom stereocenters. The van der Waals surface area contributed by atoms with Crippen molar-refractivity contribution in [3.05, 3.63) is 23.3 Å². The lowest BCUT2D eigenvalue weighted by molar-refractivity contribution is 0.0863. The average Bonchev–Trinajstić information content (AvgIpc) is 3.23. The summed E-state index contributed by atoms with van der Waals surface area (Å²) < 4.78 is 34.2. The maximum absolute atomic E-state index is 11.3. The van der Waals surface area contributed by atoms with Gasteiger partial charge >= 0.3 is 0 Å². The summed E-state index contributed by atoms with van der Waals surface area (Å²) in [7, 11) is 6.31. The number of rotatable bonds is 4. The van der Waals surface area contributed by atoms with Crippen molar-refractivity contribution in [1.29, 1.82) is 0 Å². The molecule has 1 N–H and O–H groups in total. The molecular weight excluding hydrogens is 388 g/mol. The molecule has 1 aliphatic heterocycles. The van der Waals surface area contributed by atoms with Gasteiger partial charge in [-0.15, -0.1) is 0 Å². The average molecular weight is 416 g/mol. The second-order valence-corrected chi connectivity index (χ2v) is 7.77. The first-order valence-electron chi connectivity index (χ1n) is 9.97. The zero-order chi connectivity index (χ0) is 21.6. The third-order valence-electron chi connectivity index (χ3n) is 6.27. The first kappa shape index (κ1) is 20.5. The molecule has 2 aliphatic rings. The molecule has 0 saturated carbocycles. The van der Waals surface area contributed by atoms with Crippen molar-refractivity contribution < 1.29 is 33.5 Å². The van der Waals surface area contributed by atoms with Crippen LogP contribution in [0, 0.1) is 11.8 Å². The molecule has 0 fully saturated rings. The highest BCUT2D eigenvalue weighted by atomic mass is 16.7. The molecule has 30 heavy (non-hydrogen) atoms. The van der Waals surface area contributed by atoms with Crippen LogP contribution in [-0.2, 0) is 6.42 Å². The molecule has 0 spiro atoms. The minimum absolute atomic E-state index is 0.00359. The van der Waals surface area contributed by atoms with Crippen molar-refractivity contribution >= 4 is 0 Å². The van der Waals surface area contributed by atoms with Crippen LogP contribution in [0.1, 0.15) is 31.1 Å². The number of benzene rings is 2. The number of fused-ring (bicyclic) bond motifs is 4. The Bertz CT molecular complexity index is 969. The van der Waals surface area contributed by atoms with Crippen molar-refractivity contribution in [2.24, 2.45) is 11.8 Å². The molecule has 7 nitrogen and oxygen atoms in total. The van der Waals surface area contributed by atoms with Crippen LogP contribution in [0.5, 0.6) is 34.5 Å². The molecule has 1 heterocycles. The minimum Gasteiger partial charge on any atom is -0.493 e. The normalized spacial score (nSPS) is 21.8. The third-order valence-corrected chi connectivity index (χ3v) is 6.27. The van der Waals surface area contributed by atoms with Gasteiger partial charge in [0.15, 0.2) is 23.0 Å². The van der Waals surface area contributed by atoms with Crippen LogP contribution < -0.4 is 28.4 Å². The molecule has 0 bridgehead atoms. The van der Waals surface area contributed by atoms with Gasteiger partial charge in [-0.05, 0) is 41.5 Å². The van der Waals surface area contributed by atoms with E-state index in [0.717, 1.165) is 17.5 Å². The van der Waals surface area contributed by atoms with E-state index in [0.29, 0.717) is 45.6 Å². The molecule has 0 saturated heterocycles. The molecule has 2 aromatic rings. The highest BCUT2D eigenvalue weighted by Gasteiger charge is 2.37. The van der Waals surface area contributed by atoms with Crippen molar-refractivity contribution in [1.82, 2.24) is 0 Å². The lowest BCUT2D eigenvalue weighted by Crippen LogP contribution is -2.22. The third kappa shape index (κ3) is 2.91. The fourth-order valence-corrected chi connectivity index (χ4v) is 4.49. The van der Waals surface area contributed by atoms with Crippen LogP contribution in [0.3, 0.4) is 0 Å². The molecule has 0 amide bonds. The van der Waals surface area contributed by atoms with E-state index in [1.807, 2.05) is 12.1 Å². The Labute approximate surface area is 176 Å². The monoisotopic (exact) mass is 416 g/mol. The van der Waals surface area contributed by atoms with Gasteiger partial charge in [-0.25, -0.2) is 0 Å². The molecular formula is C23H28O7. The number of aliphatic hydroxyl groups excluding tert-OH is 1. The predicted octanol–water partition coefficient (Wildman–Crippen LogP) is 3.98. The summed E-state index contributed by atoms with van der Waals surface area (Å²) in [6.07, 6.45) is 0.00399. The van der Waals surface area contributed by atoms with Crippen LogP contribution in [0.15, 0.2) is 12.1 Å². The van der Waals surface area contributed by atoms with E-state index < -0.39 is 6.10 Å². The Kier molecular flexibility index (Phi) is 5.32. The Morgan fingerprint density at radius 2 is 1.57 bits per heavy atom. The van der Waals surface area contributed by atoms with Gasteiger partial charge in [-0.3, -0.25) is 0 Å². The van der Waals surface area contributed by atoms with E-state index in [1.165, 1.54) is 0 Å². The van der Waals surface area contributed by atoms with Crippen molar-refractivity contribution in [3.8, 4) is 45.6 Å². The standard InChI is InChI=1S/C23H28O7/c1-11-7-13-8-16-21(30-10-29-16)22(27-5)17(13)18-14(19(24)12(11)2)9-15(25-3)20(26-4)23(18)28-6/h8-9,11-12,19,24H,7,10H2,1-6H3/t11-,12+,19-/m0/s1. The first-order valence-corrected chi connectivity index (χ1v) is 9.97. The molecule has 7 heteroatoms. The van der Waals surface area contributed by atoms with Gasteiger partial charge in [-0.2, -0.15) is 0 Å². The molecule has 0 unspecified atom stereocenters. The highest BCUT2D eigenvalue weighted by Crippen LogP contribution is 2.57. The maximum atomic E-state index is 11.3. The zero-order valence-electron chi connectivity index (χ0n) is 18.2. The largest absolute Gasteiger partial charge is 0.493 e. The van der Waals surface area contributed by atoms with Crippen molar-refractivity contribution in [3.63, 3.8) is 0 Å². The minimum atomic E-state index is -0.730. The van der Waals surface area contributed by atoms with Gasteiger partial charge in [0, 0.05) is 11.1 Å². The fourth-order valence-electron chi connectivity index (χ4n) is 4.49. The maximum Gasteiger partial charge on any atom is 0.231 e. The van der Waals surface area contributed by atoms with E-state index in [-0.39, 0.29) is 18.6 Å². The first-order chi connectivity index (χ1) is 14.5. The van der Waals surface area contributed by atoms with Crippen LogP contribution in [0.25, 0.3) is 11.1 Å². The molecule has 2 aromatic carbocycles. The van der Waals surface area contributed by atoms with Crippen molar-refractivity contribution in [2.75, 3.05) is 35.2 Å². The molecule has 162 valence electrons. The summed E-state index contributed by atoms with van der Waals surface area (Å²) in [6.45, 7) is 4.33. The van der Waals surface area contributed by atoms with Gasteiger partial charge in [0.25, 0.3) is 0 Å². The lowest BCUT2D eigenvalue weighted by atomic mass is 9.76. The predicted molar refractivity (Wildman–Crippen MR) is 111 cm³/mol. The lowest BCUT2D eigenvalue weighted by Gasteiger charge is -2.33. The number of methoxy groups -OCH3 is 4. The van der Waals surface area contributed by atoms with E-state index in [2.05, 4.69) is 13.8 Å². The Balaban J connectivity index is 2.16. The number of aliphatic hydroxyl groups is 1. The quantitative estimate of drug-likeness (QED) is 0.808.